The van der Waals surface area contributed by atoms with Crippen LogP contribution in [0.2, 0.25) is 5.02 Å². The fraction of sp³-hybridized carbons (Fsp3) is 0.0769. The Bertz CT molecular complexity index is 714. The summed E-state index contributed by atoms with van der Waals surface area (Å²) >= 11 is 5.89. The van der Waals surface area contributed by atoms with Crippen molar-refractivity contribution in [2.24, 2.45) is 5.14 Å². The molecule has 0 spiro atoms. The van der Waals surface area contributed by atoms with Crippen molar-refractivity contribution >= 4 is 21.6 Å². The summed E-state index contributed by atoms with van der Waals surface area (Å²) in [6.45, 7) is 1.87. The molecule has 0 aromatic heterocycles. The fourth-order valence-corrected chi connectivity index (χ4v) is 2.24. The molecular formula is C13H12ClNO3S. The third kappa shape index (κ3) is 3.47. The molecule has 0 unspecified atom stereocenters. The number of aryl methyl sites for hydroxylation is 1. The van der Waals surface area contributed by atoms with E-state index in [2.05, 4.69) is 0 Å². The number of halogens is 1. The zero-order chi connectivity index (χ0) is 14.0. The molecule has 0 aliphatic rings. The maximum Gasteiger partial charge on any atom is 0.238 e. The lowest BCUT2D eigenvalue weighted by atomic mass is 10.2. The van der Waals surface area contributed by atoms with Gasteiger partial charge < -0.3 is 4.74 Å². The second-order valence-electron chi connectivity index (χ2n) is 4.03. The first-order chi connectivity index (χ1) is 8.86. The number of primary sulfonamides is 1. The summed E-state index contributed by atoms with van der Waals surface area (Å²) in [5.74, 6) is 0.955. The summed E-state index contributed by atoms with van der Waals surface area (Å²) in [5.41, 5.74) is 0.894. The molecule has 0 saturated heterocycles. The molecule has 2 N–H and O–H groups in total. The van der Waals surface area contributed by atoms with Gasteiger partial charge in [-0.25, -0.2) is 13.6 Å². The van der Waals surface area contributed by atoms with E-state index in [0.717, 1.165) is 5.56 Å². The van der Waals surface area contributed by atoms with Gasteiger partial charge in [-0.15, -0.1) is 0 Å². The molecule has 0 aliphatic carbocycles. The Morgan fingerprint density at radius 3 is 2.58 bits per heavy atom. The van der Waals surface area contributed by atoms with Crippen LogP contribution in [0.4, 0.5) is 0 Å². The Morgan fingerprint density at radius 2 is 1.89 bits per heavy atom. The highest BCUT2D eigenvalue weighted by Gasteiger charge is 2.09. The number of benzene rings is 2. The Morgan fingerprint density at radius 1 is 1.16 bits per heavy atom. The number of hydrogen-bond acceptors (Lipinski definition) is 3. The first-order valence-electron chi connectivity index (χ1n) is 5.43. The number of hydrogen-bond donors (Lipinski definition) is 1. The maximum absolute atomic E-state index is 11.3. The number of nitrogens with two attached hydrogens (primary N) is 1. The molecule has 2 rings (SSSR count). The van der Waals surface area contributed by atoms with Crippen molar-refractivity contribution in [3.8, 4) is 11.5 Å². The molecule has 0 fully saturated rings. The van der Waals surface area contributed by atoms with Gasteiger partial charge in [-0.05, 0) is 36.8 Å². The van der Waals surface area contributed by atoms with E-state index < -0.39 is 10.0 Å². The summed E-state index contributed by atoms with van der Waals surface area (Å²) in [6, 6.07) is 11.2. The first-order valence-corrected chi connectivity index (χ1v) is 7.35. The van der Waals surface area contributed by atoms with Crippen LogP contribution in [-0.2, 0) is 10.0 Å². The number of sulfonamides is 1. The van der Waals surface area contributed by atoms with Gasteiger partial charge in [0.2, 0.25) is 10.0 Å². The van der Waals surface area contributed by atoms with Gasteiger partial charge in [0, 0.05) is 11.1 Å². The summed E-state index contributed by atoms with van der Waals surface area (Å²) in [6.07, 6.45) is 0. The van der Waals surface area contributed by atoms with E-state index in [1.54, 1.807) is 24.3 Å². The van der Waals surface area contributed by atoms with Crippen LogP contribution in [0.25, 0.3) is 0 Å². The Labute approximate surface area is 116 Å². The molecule has 2 aromatic carbocycles. The zero-order valence-electron chi connectivity index (χ0n) is 10.1. The molecule has 4 nitrogen and oxygen atoms in total. The second-order valence-corrected chi connectivity index (χ2v) is 6.03. The summed E-state index contributed by atoms with van der Waals surface area (Å²) < 4.78 is 28.1. The van der Waals surface area contributed by atoms with E-state index in [1.165, 1.54) is 12.1 Å². The van der Waals surface area contributed by atoms with Crippen LogP contribution in [0, 0.1) is 6.92 Å². The van der Waals surface area contributed by atoms with Crippen molar-refractivity contribution in [3.05, 3.63) is 53.1 Å². The monoisotopic (exact) mass is 297 g/mol. The van der Waals surface area contributed by atoms with E-state index >= 15 is 0 Å². The minimum atomic E-state index is -3.74. The van der Waals surface area contributed by atoms with E-state index in [9.17, 15) is 8.42 Å². The van der Waals surface area contributed by atoms with Crippen molar-refractivity contribution in [3.63, 3.8) is 0 Å². The highest BCUT2D eigenvalue weighted by Crippen LogP contribution is 2.28. The second kappa shape index (κ2) is 5.21. The molecule has 100 valence electrons. The van der Waals surface area contributed by atoms with E-state index in [1.807, 2.05) is 13.0 Å². The van der Waals surface area contributed by atoms with Gasteiger partial charge in [-0.2, -0.15) is 0 Å². The minimum Gasteiger partial charge on any atom is -0.457 e. The highest BCUT2D eigenvalue weighted by molar-refractivity contribution is 7.89. The average Bonchev–Trinajstić information content (AvgIpc) is 2.33. The van der Waals surface area contributed by atoms with Crippen molar-refractivity contribution < 1.29 is 13.2 Å². The Balaban J connectivity index is 2.36. The summed E-state index contributed by atoms with van der Waals surface area (Å²) in [4.78, 5) is 0.00433. The van der Waals surface area contributed by atoms with Crippen LogP contribution in [0.3, 0.4) is 0 Å². The van der Waals surface area contributed by atoms with Crippen LogP contribution in [-0.4, -0.2) is 8.42 Å². The van der Waals surface area contributed by atoms with Gasteiger partial charge in [0.05, 0.1) is 4.90 Å². The summed E-state index contributed by atoms with van der Waals surface area (Å²) in [5, 5.41) is 5.61. The molecule has 0 atom stereocenters. The maximum atomic E-state index is 11.3. The van der Waals surface area contributed by atoms with Gasteiger partial charge in [0.1, 0.15) is 11.5 Å². The van der Waals surface area contributed by atoms with E-state index in [-0.39, 0.29) is 4.90 Å². The lowest BCUT2D eigenvalue weighted by Gasteiger charge is -2.09. The van der Waals surface area contributed by atoms with Crippen molar-refractivity contribution in [2.75, 3.05) is 0 Å². The van der Waals surface area contributed by atoms with Crippen LogP contribution in [0.5, 0.6) is 11.5 Å². The predicted molar refractivity (Wildman–Crippen MR) is 74.1 cm³/mol. The molecule has 0 aliphatic heterocycles. The predicted octanol–water partition coefficient (Wildman–Crippen LogP) is 3.09. The Hall–Kier alpha value is -1.56. The van der Waals surface area contributed by atoms with Gasteiger partial charge in [-0.3, -0.25) is 0 Å². The topological polar surface area (TPSA) is 69.4 Å². The normalized spacial score (nSPS) is 11.3. The van der Waals surface area contributed by atoms with Crippen molar-refractivity contribution in [2.45, 2.75) is 11.8 Å². The quantitative estimate of drug-likeness (QED) is 0.946. The van der Waals surface area contributed by atoms with Crippen LogP contribution in [0.1, 0.15) is 5.56 Å². The van der Waals surface area contributed by atoms with Crippen LogP contribution < -0.4 is 9.88 Å². The standard InChI is InChI=1S/C13H12ClNO3S/c1-9-5-6-10(14)7-13(9)18-11-3-2-4-12(8-11)19(15,16)17/h2-8H,1H3,(H2,15,16,17). The fourth-order valence-electron chi connectivity index (χ4n) is 1.53. The molecule has 19 heavy (non-hydrogen) atoms. The van der Waals surface area contributed by atoms with Gasteiger partial charge in [-0.1, -0.05) is 23.7 Å². The van der Waals surface area contributed by atoms with Gasteiger partial charge >= 0.3 is 0 Å². The molecule has 0 saturated carbocycles. The largest absolute Gasteiger partial charge is 0.457 e. The average molecular weight is 298 g/mol. The first kappa shape index (κ1) is 13.9. The molecule has 0 bridgehead atoms. The van der Waals surface area contributed by atoms with Crippen molar-refractivity contribution in [1.82, 2.24) is 0 Å². The zero-order valence-corrected chi connectivity index (χ0v) is 11.7. The minimum absolute atomic E-state index is 0.00433. The van der Waals surface area contributed by atoms with Crippen molar-refractivity contribution in [1.29, 1.82) is 0 Å². The van der Waals surface area contributed by atoms with Gasteiger partial charge in [0.15, 0.2) is 0 Å². The molecule has 0 amide bonds. The molecule has 0 heterocycles. The molecule has 6 heteroatoms. The highest BCUT2D eigenvalue weighted by atomic mass is 35.5. The lowest BCUT2D eigenvalue weighted by molar-refractivity contribution is 0.477. The molecular weight excluding hydrogens is 286 g/mol. The van der Waals surface area contributed by atoms with Crippen LogP contribution in [0.15, 0.2) is 47.4 Å². The van der Waals surface area contributed by atoms with Gasteiger partial charge in [0.25, 0.3) is 0 Å². The third-order valence-electron chi connectivity index (χ3n) is 2.51. The third-order valence-corrected chi connectivity index (χ3v) is 3.66. The Kier molecular flexibility index (Phi) is 3.80. The van der Waals surface area contributed by atoms with E-state index in [4.69, 9.17) is 21.5 Å². The number of rotatable bonds is 3. The van der Waals surface area contributed by atoms with Crippen LogP contribution >= 0.6 is 11.6 Å². The lowest BCUT2D eigenvalue weighted by Crippen LogP contribution is -2.11. The smallest absolute Gasteiger partial charge is 0.238 e. The SMILES string of the molecule is Cc1ccc(Cl)cc1Oc1cccc(S(N)(=O)=O)c1. The van der Waals surface area contributed by atoms with E-state index in [0.29, 0.717) is 16.5 Å². The summed E-state index contributed by atoms with van der Waals surface area (Å²) in [7, 11) is -3.74. The number of ether oxygens (including phenoxy) is 1. The molecule has 0 radical (unpaired) electrons. The molecule has 2 aromatic rings.